The van der Waals surface area contributed by atoms with Crippen LogP contribution in [0, 0.1) is 6.92 Å². The normalized spacial score (nSPS) is 13.8. The van der Waals surface area contributed by atoms with Gasteiger partial charge in [0.15, 0.2) is 0 Å². The summed E-state index contributed by atoms with van der Waals surface area (Å²) in [7, 11) is 0. The van der Waals surface area contributed by atoms with Crippen LogP contribution >= 0.6 is 0 Å². The molecule has 5 nitrogen and oxygen atoms in total. The second-order valence-corrected chi connectivity index (χ2v) is 4.96. The fourth-order valence-corrected chi connectivity index (χ4v) is 1.88. The third-order valence-corrected chi connectivity index (χ3v) is 3.03. The lowest BCUT2D eigenvalue weighted by atomic mass is 10.3. The number of aryl methyl sites for hydroxylation is 1. The Morgan fingerprint density at radius 1 is 1.20 bits per heavy atom. The van der Waals surface area contributed by atoms with Crippen LogP contribution in [0.3, 0.4) is 0 Å². The Morgan fingerprint density at radius 3 is 2.65 bits per heavy atom. The first-order chi connectivity index (χ1) is 9.70. The number of aromatic nitrogens is 2. The molecule has 1 saturated carbocycles. The van der Waals surface area contributed by atoms with Gasteiger partial charge in [-0.05, 0) is 38.0 Å². The first-order valence-electron chi connectivity index (χ1n) is 6.69. The van der Waals surface area contributed by atoms with Crippen LogP contribution in [-0.2, 0) is 0 Å². The van der Waals surface area contributed by atoms with Gasteiger partial charge in [0.05, 0.1) is 0 Å². The largest absolute Gasteiger partial charge is 0.348 e. The van der Waals surface area contributed by atoms with E-state index in [4.69, 9.17) is 0 Å². The first-order valence-corrected chi connectivity index (χ1v) is 6.69. The molecule has 0 atom stereocenters. The van der Waals surface area contributed by atoms with Crippen molar-refractivity contribution in [1.29, 1.82) is 0 Å². The van der Waals surface area contributed by atoms with Crippen LogP contribution in [0.15, 0.2) is 36.4 Å². The zero-order chi connectivity index (χ0) is 13.9. The number of para-hydroxylation sites is 1. The molecule has 0 unspecified atom stereocenters. The minimum absolute atomic E-state index is 0.130. The molecule has 1 fully saturated rings. The number of hydrogen-bond acceptors (Lipinski definition) is 4. The minimum atomic E-state index is -0.130. The number of carbonyl (C=O) groups excluding carboxylic acids is 1. The Hall–Kier alpha value is -2.43. The monoisotopic (exact) mass is 268 g/mol. The number of carbonyl (C=O) groups is 1. The summed E-state index contributed by atoms with van der Waals surface area (Å²) in [6, 6.07) is 11.7. The van der Waals surface area contributed by atoms with E-state index in [9.17, 15) is 4.79 Å². The molecule has 0 saturated heterocycles. The first kappa shape index (κ1) is 12.6. The highest BCUT2D eigenvalue weighted by Crippen LogP contribution is 2.19. The van der Waals surface area contributed by atoms with Crippen molar-refractivity contribution in [1.82, 2.24) is 15.3 Å². The summed E-state index contributed by atoms with van der Waals surface area (Å²) in [5, 5.41) is 6.04. The summed E-state index contributed by atoms with van der Waals surface area (Å²) in [6.07, 6.45) is 2.12. The van der Waals surface area contributed by atoms with Gasteiger partial charge in [0, 0.05) is 17.4 Å². The molecule has 0 radical (unpaired) electrons. The van der Waals surface area contributed by atoms with Crippen molar-refractivity contribution in [2.45, 2.75) is 25.8 Å². The number of nitrogens with zero attached hydrogens (tertiary/aromatic N) is 2. The Labute approximate surface area is 117 Å². The number of anilines is 2. The number of amides is 1. The highest BCUT2D eigenvalue weighted by molar-refractivity contribution is 5.93. The van der Waals surface area contributed by atoms with Gasteiger partial charge in [-0.25, -0.2) is 9.97 Å². The van der Waals surface area contributed by atoms with Gasteiger partial charge in [-0.3, -0.25) is 4.79 Å². The van der Waals surface area contributed by atoms with Crippen molar-refractivity contribution in [2.75, 3.05) is 5.32 Å². The van der Waals surface area contributed by atoms with E-state index < -0.39 is 0 Å². The van der Waals surface area contributed by atoms with Crippen LogP contribution in [0.5, 0.6) is 0 Å². The summed E-state index contributed by atoms with van der Waals surface area (Å²) < 4.78 is 0. The lowest BCUT2D eigenvalue weighted by Gasteiger charge is -2.08. The summed E-state index contributed by atoms with van der Waals surface area (Å²) in [6.45, 7) is 1.85. The predicted octanol–water partition coefficient (Wildman–Crippen LogP) is 2.42. The highest BCUT2D eigenvalue weighted by atomic mass is 16.2. The summed E-state index contributed by atoms with van der Waals surface area (Å²) in [5.74, 6) is 0.311. The summed E-state index contributed by atoms with van der Waals surface area (Å²) in [4.78, 5) is 20.6. The maximum absolute atomic E-state index is 12.0. The van der Waals surface area contributed by atoms with Crippen LogP contribution in [-0.4, -0.2) is 21.9 Å². The number of nitrogens with one attached hydrogen (secondary N) is 2. The van der Waals surface area contributed by atoms with Gasteiger partial charge in [0.2, 0.25) is 5.95 Å². The Morgan fingerprint density at radius 2 is 1.95 bits per heavy atom. The molecule has 1 aliphatic rings. The van der Waals surface area contributed by atoms with Crippen molar-refractivity contribution in [2.24, 2.45) is 0 Å². The van der Waals surface area contributed by atoms with Crippen LogP contribution < -0.4 is 10.6 Å². The van der Waals surface area contributed by atoms with Crippen molar-refractivity contribution in [3.05, 3.63) is 47.8 Å². The topological polar surface area (TPSA) is 66.9 Å². The van der Waals surface area contributed by atoms with Gasteiger partial charge in [0.25, 0.3) is 5.91 Å². The van der Waals surface area contributed by atoms with Crippen molar-refractivity contribution in [3.63, 3.8) is 0 Å². The van der Waals surface area contributed by atoms with Gasteiger partial charge in [-0.1, -0.05) is 18.2 Å². The van der Waals surface area contributed by atoms with Crippen LogP contribution in [0.1, 0.15) is 29.0 Å². The molecule has 1 amide bonds. The van der Waals surface area contributed by atoms with Gasteiger partial charge in [-0.15, -0.1) is 0 Å². The average molecular weight is 268 g/mol. The van der Waals surface area contributed by atoms with E-state index in [1.807, 2.05) is 37.3 Å². The third kappa shape index (κ3) is 3.12. The molecule has 3 rings (SSSR count). The molecule has 2 N–H and O–H groups in total. The number of benzene rings is 1. The van der Waals surface area contributed by atoms with Crippen LogP contribution in [0.2, 0.25) is 0 Å². The lowest BCUT2D eigenvalue weighted by molar-refractivity contribution is 0.0946. The molecule has 20 heavy (non-hydrogen) atoms. The fraction of sp³-hybridized carbons (Fsp3) is 0.267. The van der Waals surface area contributed by atoms with E-state index in [0.717, 1.165) is 24.2 Å². The molecule has 2 aromatic rings. The van der Waals surface area contributed by atoms with E-state index in [-0.39, 0.29) is 5.91 Å². The maximum Gasteiger partial charge on any atom is 0.270 e. The maximum atomic E-state index is 12.0. The molecule has 0 bridgehead atoms. The molecular weight excluding hydrogens is 252 g/mol. The smallest absolute Gasteiger partial charge is 0.270 e. The molecule has 0 spiro atoms. The van der Waals surface area contributed by atoms with Crippen molar-refractivity contribution in [3.8, 4) is 0 Å². The molecule has 1 aromatic heterocycles. The van der Waals surface area contributed by atoms with Gasteiger partial charge in [0.1, 0.15) is 5.69 Å². The molecule has 1 heterocycles. The van der Waals surface area contributed by atoms with Crippen molar-refractivity contribution >= 4 is 17.5 Å². The lowest BCUT2D eigenvalue weighted by Crippen LogP contribution is -2.26. The minimum Gasteiger partial charge on any atom is -0.348 e. The summed E-state index contributed by atoms with van der Waals surface area (Å²) >= 11 is 0. The second-order valence-electron chi connectivity index (χ2n) is 4.96. The molecular formula is C15H16N4O. The quantitative estimate of drug-likeness (QED) is 0.893. The van der Waals surface area contributed by atoms with E-state index >= 15 is 0 Å². The molecule has 0 aliphatic heterocycles. The van der Waals surface area contributed by atoms with Gasteiger partial charge in [-0.2, -0.15) is 0 Å². The Bertz CT molecular complexity index is 623. The predicted molar refractivity (Wildman–Crippen MR) is 77.0 cm³/mol. The molecule has 1 aromatic carbocycles. The number of hydrogen-bond donors (Lipinski definition) is 2. The Balaban J connectivity index is 1.80. The second kappa shape index (κ2) is 5.28. The van der Waals surface area contributed by atoms with Gasteiger partial charge < -0.3 is 10.6 Å². The van der Waals surface area contributed by atoms with Crippen LogP contribution in [0.4, 0.5) is 11.6 Å². The van der Waals surface area contributed by atoms with Crippen molar-refractivity contribution < 1.29 is 4.79 Å². The van der Waals surface area contributed by atoms with Crippen LogP contribution in [0.25, 0.3) is 0 Å². The van der Waals surface area contributed by atoms with E-state index in [0.29, 0.717) is 17.7 Å². The zero-order valence-electron chi connectivity index (χ0n) is 11.3. The standard InChI is InChI=1S/C15H16N4O/c1-10-9-13(14(20)17-12-7-8-12)19-15(16-10)18-11-5-3-2-4-6-11/h2-6,9,12H,7-8H2,1H3,(H,17,20)(H,16,18,19). The third-order valence-electron chi connectivity index (χ3n) is 3.03. The molecule has 102 valence electrons. The number of rotatable bonds is 4. The summed E-state index contributed by atoms with van der Waals surface area (Å²) in [5.41, 5.74) is 2.06. The zero-order valence-corrected chi connectivity index (χ0v) is 11.3. The van der Waals surface area contributed by atoms with E-state index in [2.05, 4.69) is 20.6 Å². The highest BCUT2D eigenvalue weighted by Gasteiger charge is 2.24. The van der Waals surface area contributed by atoms with E-state index in [1.165, 1.54) is 0 Å². The molecule has 5 heteroatoms. The van der Waals surface area contributed by atoms with E-state index in [1.54, 1.807) is 6.07 Å². The Kier molecular flexibility index (Phi) is 3.33. The fourth-order valence-electron chi connectivity index (χ4n) is 1.88. The SMILES string of the molecule is Cc1cc(C(=O)NC2CC2)nc(Nc2ccccc2)n1. The van der Waals surface area contributed by atoms with Gasteiger partial charge >= 0.3 is 0 Å². The molecule has 1 aliphatic carbocycles. The average Bonchev–Trinajstić information content (AvgIpc) is 3.23.